The lowest BCUT2D eigenvalue weighted by atomic mass is 9.94. The fourth-order valence-corrected chi connectivity index (χ4v) is 3.18. The molecule has 0 amide bonds. The van der Waals surface area contributed by atoms with E-state index in [-0.39, 0.29) is 29.2 Å². The molecule has 3 aromatic rings. The van der Waals surface area contributed by atoms with E-state index in [1.807, 2.05) is 4.57 Å². The number of carboxylic acids is 2. The number of aromatic nitrogens is 3. The summed E-state index contributed by atoms with van der Waals surface area (Å²) in [5.41, 5.74) is 3.09. The molecule has 0 bridgehead atoms. The predicted molar refractivity (Wildman–Crippen MR) is 110 cm³/mol. The predicted octanol–water partition coefficient (Wildman–Crippen LogP) is 1.69. The Morgan fingerprint density at radius 1 is 1.23 bits per heavy atom. The van der Waals surface area contributed by atoms with Crippen LogP contribution in [-0.2, 0) is 6.54 Å². The van der Waals surface area contributed by atoms with E-state index in [2.05, 4.69) is 9.97 Å². The number of nitrogens with zero attached hydrogens (tertiary/aromatic N) is 2. The van der Waals surface area contributed by atoms with Gasteiger partial charge in [0.1, 0.15) is 16.9 Å². The maximum Gasteiger partial charge on any atom is 0.342 e. The zero-order chi connectivity index (χ0) is 22.5. The number of ether oxygens (including phenoxy) is 2. The lowest BCUT2D eigenvalue weighted by molar-refractivity contribution is 0.0695. The van der Waals surface area contributed by atoms with Gasteiger partial charge in [-0.05, 0) is 12.5 Å². The molecule has 162 valence electrons. The van der Waals surface area contributed by atoms with Crippen molar-refractivity contribution in [2.75, 3.05) is 19.5 Å². The highest BCUT2D eigenvalue weighted by atomic mass is 16.5. The van der Waals surface area contributed by atoms with Crippen LogP contribution in [0.15, 0.2) is 41.7 Å². The van der Waals surface area contributed by atoms with E-state index in [0.29, 0.717) is 13.0 Å². The SMILES string of the molecule is COc1cccc(-c2c(C(=O)O)c(N)[nH]c(=O)c2C(=O)O)c1OCCCn1ccnc1. The molecule has 3 rings (SSSR count). The summed E-state index contributed by atoms with van der Waals surface area (Å²) < 4.78 is 13.0. The highest BCUT2D eigenvalue weighted by molar-refractivity contribution is 6.08. The average Bonchev–Trinajstić information content (AvgIpc) is 3.23. The van der Waals surface area contributed by atoms with Gasteiger partial charge in [-0.3, -0.25) is 4.79 Å². The number of H-pyrrole nitrogens is 1. The summed E-state index contributed by atoms with van der Waals surface area (Å²) >= 11 is 0. The van der Waals surface area contributed by atoms with Crippen LogP contribution >= 0.6 is 0 Å². The molecule has 0 fully saturated rings. The van der Waals surface area contributed by atoms with E-state index >= 15 is 0 Å². The Bertz CT molecular complexity index is 1170. The number of para-hydroxylation sites is 1. The Hall–Kier alpha value is -4.28. The number of carbonyl (C=O) groups is 2. The number of carboxylic acid groups (broad SMARTS) is 2. The normalized spacial score (nSPS) is 10.6. The molecule has 0 saturated heterocycles. The van der Waals surface area contributed by atoms with Gasteiger partial charge < -0.3 is 35.0 Å². The van der Waals surface area contributed by atoms with Gasteiger partial charge in [-0.25, -0.2) is 14.6 Å². The third kappa shape index (κ3) is 4.34. The lowest BCUT2D eigenvalue weighted by Gasteiger charge is -2.18. The van der Waals surface area contributed by atoms with Gasteiger partial charge in [0.15, 0.2) is 11.5 Å². The van der Waals surface area contributed by atoms with E-state index < -0.39 is 34.4 Å². The second-order valence-corrected chi connectivity index (χ2v) is 6.44. The van der Waals surface area contributed by atoms with Gasteiger partial charge in [0.2, 0.25) is 0 Å². The Balaban J connectivity index is 2.11. The number of benzene rings is 1. The van der Waals surface area contributed by atoms with Crippen molar-refractivity contribution in [1.82, 2.24) is 14.5 Å². The third-order valence-electron chi connectivity index (χ3n) is 4.51. The van der Waals surface area contributed by atoms with Gasteiger partial charge in [-0.2, -0.15) is 0 Å². The zero-order valence-electron chi connectivity index (χ0n) is 16.5. The summed E-state index contributed by atoms with van der Waals surface area (Å²) in [6.45, 7) is 0.818. The summed E-state index contributed by atoms with van der Waals surface area (Å²) in [6, 6.07) is 4.55. The minimum atomic E-state index is -1.60. The van der Waals surface area contributed by atoms with Crippen molar-refractivity contribution in [3.05, 3.63) is 58.4 Å². The first-order chi connectivity index (χ1) is 14.8. The minimum Gasteiger partial charge on any atom is -0.493 e. The van der Waals surface area contributed by atoms with E-state index in [1.165, 1.54) is 19.2 Å². The first-order valence-electron chi connectivity index (χ1n) is 9.13. The highest BCUT2D eigenvalue weighted by Gasteiger charge is 2.29. The van der Waals surface area contributed by atoms with Gasteiger partial charge in [0.05, 0.1) is 20.0 Å². The van der Waals surface area contributed by atoms with Gasteiger partial charge in [0, 0.05) is 30.1 Å². The number of nitrogens with one attached hydrogen (secondary N) is 1. The van der Waals surface area contributed by atoms with E-state index in [4.69, 9.17) is 15.2 Å². The summed E-state index contributed by atoms with van der Waals surface area (Å²) in [5.74, 6) is -3.23. The largest absolute Gasteiger partial charge is 0.493 e. The van der Waals surface area contributed by atoms with E-state index in [0.717, 1.165) is 0 Å². The maximum atomic E-state index is 12.3. The number of nitrogen functional groups attached to an aromatic ring is 1. The fourth-order valence-electron chi connectivity index (χ4n) is 3.18. The molecule has 2 aromatic heterocycles. The van der Waals surface area contributed by atoms with Gasteiger partial charge >= 0.3 is 11.9 Å². The number of rotatable bonds is 9. The fraction of sp³-hybridized carbons (Fsp3) is 0.200. The number of aromatic carboxylic acids is 2. The number of aryl methyl sites for hydroxylation is 1. The Morgan fingerprint density at radius 3 is 2.58 bits per heavy atom. The summed E-state index contributed by atoms with van der Waals surface area (Å²) in [5, 5.41) is 19.3. The minimum absolute atomic E-state index is 0.0644. The van der Waals surface area contributed by atoms with Crippen molar-refractivity contribution in [3.8, 4) is 22.6 Å². The Kier molecular flexibility index (Phi) is 6.24. The van der Waals surface area contributed by atoms with Crippen LogP contribution in [-0.4, -0.2) is 50.4 Å². The molecule has 2 heterocycles. The van der Waals surface area contributed by atoms with Gasteiger partial charge in [-0.15, -0.1) is 0 Å². The summed E-state index contributed by atoms with van der Waals surface area (Å²) in [7, 11) is 1.39. The Morgan fingerprint density at radius 2 is 1.97 bits per heavy atom. The molecule has 31 heavy (non-hydrogen) atoms. The number of methoxy groups -OCH3 is 1. The first kappa shape index (κ1) is 21.4. The second-order valence-electron chi connectivity index (χ2n) is 6.44. The van der Waals surface area contributed by atoms with Gasteiger partial charge in [-0.1, -0.05) is 12.1 Å². The van der Waals surface area contributed by atoms with Crippen LogP contribution in [0.2, 0.25) is 0 Å². The zero-order valence-corrected chi connectivity index (χ0v) is 16.5. The molecule has 0 saturated carbocycles. The number of imidazole rings is 1. The van der Waals surface area contributed by atoms with Crippen molar-refractivity contribution in [2.45, 2.75) is 13.0 Å². The first-order valence-corrected chi connectivity index (χ1v) is 9.13. The number of nitrogens with two attached hydrogens (primary N) is 1. The van der Waals surface area contributed by atoms with Crippen LogP contribution in [0.25, 0.3) is 11.1 Å². The smallest absolute Gasteiger partial charge is 0.342 e. The molecular weight excluding hydrogens is 408 g/mol. The third-order valence-corrected chi connectivity index (χ3v) is 4.51. The van der Waals surface area contributed by atoms with Crippen LogP contribution < -0.4 is 20.8 Å². The van der Waals surface area contributed by atoms with Crippen molar-refractivity contribution in [2.24, 2.45) is 0 Å². The van der Waals surface area contributed by atoms with Crippen molar-refractivity contribution < 1.29 is 29.3 Å². The number of hydrogen-bond donors (Lipinski definition) is 4. The molecule has 1 aromatic carbocycles. The van der Waals surface area contributed by atoms with Gasteiger partial charge in [0.25, 0.3) is 5.56 Å². The van der Waals surface area contributed by atoms with Crippen LogP contribution in [0.5, 0.6) is 11.5 Å². The average molecular weight is 428 g/mol. The standard InChI is InChI=1S/C20H20N4O7/c1-30-12-5-2-4-11(16(12)31-9-3-7-24-8-6-22-10-24)13-14(19(26)27)17(21)23-18(25)15(13)20(28)29/h2,4-6,8,10H,3,7,9H2,1H3,(H,26,27)(H,28,29)(H3,21,23,25). The molecule has 11 nitrogen and oxygen atoms in total. The molecular formula is C20H20N4O7. The van der Waals surface area contributed by atoms with Crippen LogP contribution in [0.1, 0.15) is 27.1 Å². The number of anilines is 1. The van der Waals surface area contributed by atoms with Crippen molar-refractivity contribution >= 4 is 17.8 Å². The molecule has 11 heteroatoms. The molecule has 0 radical (unpaired) electrons. The quantitative estimate of drug-likeness (QED) is 0.370. The molecule has 5 N–H and O–H groups in total. The van der Waals surface area contributed by atoms with Crippen LogP contribution in [0.3, 0.4) is 0 Å². The highest BCUT2D eigenvalue weighted by Crippen LogP contribution is 2.41. The molecule has 0 spiro atoms. The Labute approximate surface area is 175 Å². The molecule has 0 aliphatic carbocycles. The number of aromatic amines is 1. The van der Waals surface area contributed by atoms with Crippen LogP contribution in [0, 0.1) is 0 Å². The molecule has 0 atom stereocenters. The maximum absolute atomic E-state index is 12.3. The number of hydrogen-bond acceptors (Lipinski definition) is 7. The van der Waals surface area contributed by atoms with E-state index in [9.17, 15) is 24.6 Å². The second kappa shape index (κ2) is 9.03. The molecule has 0 aliphatic rings. The monoisotopic (exact) mass is 428 g/mol. The van der Waals surface area contributed by atoms with E-state index in [1.54, 1.807) is 24.8 Å². The number of pyridine rings is 1. The van der Waals surface area contributed by atoms with Crippen molar-refractivity contribution in [3.63, 3.8) is 0 Å². The topological polar surface area (TPSA) is 170 Å². The lowest BCUT2D eigenvalue weighted by Crippen LogP contribution is -2.24. The molecule has 0 unspecified atom stereocenters. The summed E-state index contributed by atoms with van der Waals surface area (Å²) in [6.07, 6.45) is 5.68. The van der Waals surface area contributed by atoms with Crippen LogP contribution in [0.4, 0.5) is 5.82 Å². The van der Waals surface area contributed by atoms with Crippen molar-refractivity contribution in [1.29, 1.82) is 0 Å². The molecule has 0 aliphatic heterocycles. The summed E-state index contributed by atoms with van der Waals surface area (Å²) in [4.78, 5) is 42.1.